The Morgan fingerprint density at radius 1 is 0.939 bits per heavy atom. The monoisotopic (exact) mass is 455 g/mol. The van der Waals surface area contributed by atoms with Crippen molar-refractivity contribution < 1.29 is 4.79 Å². The second-order valence-corrected chi connectivity index (χ2v) is 9.03. The highest BCUT2D eigenvalue weighted by Gasteiger charge is 2.22. The second kappa shape index (κ2) is 9.74. The van der Waals surface area contributed by atoms with Gasteiger partial charge in [0.25, 0.3) is 5.91 Å². The van der Waals surface area contributed by atoms with Gasteiger partial charge in [-0.25, -0.2) is 4.98 Å². The summed E-state index contributed by atoms with van der Waals surface area (Å²) in [6.07, 6.45) is 1.89. The molecule has 3 aromatic carbocycles. The van der Waals surface area contributed by atoms with Crippen molar-refractivity contribution in [2.75, 3.05) is 13.1 Å². The zero-order valence-electron chi connectivity index (χ0n) is 18.4. The van der Waals surface area contributed by atoms with Crippen LogP contribution in [0.15, 0.2) is 84.9 Å². The Hall–Kier alpha value is -3.21. The van der Waals surface area contributed by atoms with E-state index in [2.05, 4.69) is 34.5 Å². The number of carbonyl (C=O) groups excluding carboxylic acids is 1. The van der Waals surface area contributed by atoms with E-state index in [0.717, 1.165) is 54.6 Å². The van der Waals surface area contributed by atoms with Crippen molar-refractivity contribution in [3.8, 4) is 11.3 Å². The molecule has 33 heavy (non-hydrogen) atoms. The average Bonchev–Trinajstić information content (AvgIpc) is 2.85. The van der Waals surface area contributed by atoms with Gasteiger partial charge in [-0.3, -0.25) is 9.69 Å². The van der Waals surface area contributed by atoms with Gasteiger partial charge >= 0.3 is 0 Å². The lowest BCUT2D eigenvalue weighted by Crippen LogP contribution is -2.44. The van der Waals surface area contributed by atoms with E-state index < -0.39 is 0 Å². The number of piperidine rings is 1. The number of hydrogen-bond acceptors (Lipinski definition) is 3. The summed E-state index contributed by atoms with van der Waals surface area (Å²) in [5, 5.41) is 4.70. The van der Waals surface area contributed by atoms with Crippen molar-refractivity contribution in [3.05, 3.63) is 101 Å². The first-order valence-electron chi connectivity index (χ1n) is 11.4. The lowest BCUT2D eigenvalue weighted by Gasteiger charge is -2.32. The van der Waals surface area contributed by atoms with Crippen LogP contribution in [-0.4, -0.2) is 34.9 Å². The first-order chi connectivity index (χ1) is 16.2. The van der Waals surface area contributed by atoms with Crippen LogP contribution >= 0.6 is 11.6 Å². The molecule has 5 rings (SSSR count). The van der Waals surface area contributed by atoms with Crippen molar-refractivity contribution in [2.45, 2.75) is 25.4 Å². The fourth-order valence-corrected chi connectivity index (χ4v) is 4.65. The molecule has 0 unspecified atom stereocenters. The number of nitrogens with one attached hydrogen (secondary N) is 1. The van der Waals surface area contributed by atoms with E-state index in [0.29, 0.717) is 10.6 Å². The molecule has 166 valence electrons. The van der Waals surface area contributed by atoms with Gasteiger partial charge in [0.05, 0.1) is 16.8 Å². The van der Waals surface area contributed by atoms with Crippen LogP contribution in [0.4, 0.5) is 0 Å². The van der Waals surface area contributed by atoms with Crippen molar-refractivity contribution in [3.63, 3.8) is 0 Å². The molecule has 1 fully saturated rings. The molecule has 0 bridgehead atoms. The van der Waals surface area contributed by atoms with E-state index in [1.165, 1.54) is 5.56 Å². The first kappa shape index (κ1) is 21.6. The van der Waals surface area contributed by atoms with Gasteiger partial charge < -0.3 is 5.32 Å². The molecule has 1 aromatic heterocycles. The molecule has 4 aromatic rings. The highest BCUT2D eigenvalue weighted by Crippen LogP contribution is 2.27. The smallest absolute Gasteiger partial charge is 0.252 e. The molecule has 1 amide bonds. The first-order valence-corrected chi connectivity index (χ1v) is 11.8. The van der Waals surface area contributed by atoms with Crippen molar-refractivity contribution in [1.82, 2.24) is 15.2 Å². The Morgan fingerprint density at radius 2 is 1.64 bits per heavy atom. The molecule has 0 spiro atoms. The molecule has 4 nitrogen and oxygen atoms in total. The van der Waals surface area contributed by atoms with Gasteiger partial charge in [-0.1, -0.05) is 78.3 Å². The standard InChI is InChI=1S/C28H26ClN3O/c29-22-11-12-24-25(18-26(31-27(24)17-22)21-9-5-2-6-10-21)28(33)30-23-13-15-32(16-14-23)19-20-7-3-1-4-8-20/h1-12,17-18,23H,13-16,19H2,(H,30,33). The second-order valence-electron chi connectivity index (χ2n) is 8.59. The quantitative estimate of drug-likeness (QED) is 0.404. The van der Waals surface area contributed by atoms with Crippen molar-refractivity contribution >= 4 is 28.4 Å². The minimum Gasteiger partial charge on any atom is -0.349 e. The average molecular weight is 456 g/mol. The third-order valence-corrected chi connectivity index (χ3v) is 6.49. The molecule has 1 aliphatic rings. The molecule has 0 aliphatic carbocycles. The maximum atomic E-state index is 13.4. The fraction of sp³-hybridized carbons (Fsp3) is 0.214. The number of aromatic nitrogens is 1. The highest BCUT2D eigenvalue weighted by atomic mass is 35.5. The molecule has 1 aliphatic heterocycles. The summed E-state index contributed by atoms with van der Waals surface area (Å²) in [4.78, 5) is 20.6. The number of nitrogens with zero attached hydrogens (tertiary/aromatic N) is 2. The van der Waals surface area contributed by atoms with E-state index >= 15 is 0 Å². The molecule has 1 N–H and O–H groups in total. The summed E-state index contributed by atoms with van der Waals surface area (Å²) in [6, 6.07) is 28.0. The van der Waals surface area contributed by atoms with Gasteiger partial charge in [0, 0.05) is 41.6 Å². The summed E-state index contributed by atoms with van der Waals surface area (Å²) in [7, 11) is 0. The number of halogens is 1. The lowest BCUT2D eigenvalue weighted by molar-refractivity contribution is 0.0910. The summed E-state index contributed by atoms with van der Waals surface area (Å²) in [5.74, 6) is -0.0524. The van der Waals surface area contributed by atoms with Gasteiger partial charge in [-0.2, -0.15) is 0 Å². The molecule has 1 saturated heterocycles. The zero-order valence-corrected chi connectivity index (χ0v) is 19.1. The van der Waals surface area contributed by atoms with E-state index in [-0.39, 0.29) is 11.9 Å². The Balaban J connectivity index is 1.33. The van der Waals surface area contributed by atoms with Gasteiger partial charge in [-0.05, 0) is 36.6 Å². The minimum absolute atomic E-state index is 0.0524. The Labute approximate surface area is 199 Å². The van der Waals surface area contributed by atoms with E-state index in [9.17, 15) is 4.79 Å². The Morgan fingerprint density at radius 3 is 2.36 bits per heavy atom. The maximum Gasteiger partial charge on any atom is 0.252 e. The number of rotatable bonds is 5. The molecule has 2 heterocycles. The molecule has 0 saturated carbocycles. The van der Waals surface area contributed by atoms with Crippen LogP contribution < -0.4 is 5.32 Å². The van der Waals surface area contributed by atoms with E-state index in [1.807, 2.05) is 60.7 Å². The molecule has 5 heteroatoms. The van der Waals surface area contributed by atoms with Crippen molar-refractivity contribution in [1.29, 1.82) is 0 Å². The molecular formula is C28H26ClN3O. The Bertz CT molecular complexity index is 1250. The highest BCUT2D eigenvalue weighted by molar-refractivity contribution is 6.31. The number of hydrogen-bond donors (Lipinski definition) is 1. The van der Waals surface area contributed by atoms with Gasteiger partial charge in [0.2, 0.25) is 0 Å². The SMILES string of the molecule is O=C(NC1CCN(Cc2ccccc2)CC1)c1cc(-c2ccccc2)nc2cc(Cl)ccc12. The maximum absolute atomic E-state index is 13.4. The summed E-state index contributed by atoms with van der Waals surface area (Å²) < 4.78 is 0. The van der Waals surface area contributed by atoms with Gasteiger partial charge in [-0.15, -0.1) is 0 Å². The number of carbonyl (C=O) groups is 1. The largest absolute Gasteiger partial charge is 0.349 e. The van der Waals surface area contributed by atoms with Gasteiger partial charge in [0.1, 0.15) is 0 Å². The summed E-state index contributed by atoms with van der Waals surface area (Å²) >= 11 is 6.23. The van der Waals surface area contributed by atoms with Crippen LogP contribution in [-0.2, 0) is 6.54 Å². The fourth-order valence-electron chi connectivity index (χ4n) is 4.49. The van der Waals surface area contributed by atoms with Crippen molar-refractivity contribution in [2.24, 2.45) is 0 Å². The zero-order chi connectivity index (χ0) is 22.6. The molecular weight excluding hydrogens is 430 g/mol. The van der Waals surface area contributed by atoms with Crippen LogP contribution in [0, 0.1) is 0 Å². The predicted octanol–water partition coefficient (Wildman–Crippen LogP) is 5.95. The van der Waals surface area contributed by atoms with Gasteiger partial charge in [0.15, 0.2) is 0 Å². The van der Waals surface area contributed by atoms with Crippen LogP contribution in [0.3, 0.4) is 0 Å². The van der Waals surface area contributed by atoms with Crippen LogP contribution in [0.2, 0.25) is 5.02 Å². The van der Waals surface area contributed by atoms with Crippen LogP contribution in [0.1, 0.15) is 28.8 Å². The summed E-state index contributed by atoms with van der Waals surface area (Å²) in [5.41, 5.74) is 4.44. The third-order valence-electron chi connectivity index (χ3n) is 6.26. The van der Waals surface area contributed by atoms with E-state index in [4.69, 9.17) is 16.6 Å². The topological polar surface area (TPSA) is 45.2 Å². The third kappa shape index (κ3) is 5.08. The molecule has 0 atom stereocenters. The number of pyridine rings is 1. The Kier molecular flexibility index (Phi) is 6.38. The number of fused-ring (bicyclic) bond motifs is 1. The van der Waals surface area contributed by atoms with Crippen LogP contribution in [0.5, 0.6) is 0 Å². The number of benzene rings is 3. The normalized spacial score (nSPS) is 14.9. The molecule has 0 radical (unpaired) electrons. The lowest BCUT2D eigenvalue weighted by atomic mass is 10.0. The minimum atomic E-state index is -0.0524. The number of likely N-dealkylation sites (tertiary alicyclic amines) is 1. The predicted molar refractivity (Wildman–Crippen MR) is 134 cm³/mol. The number of amides is 1. The van der Waals surface area contributed by atoms with Crippen LogP contribution in [0.25, 0.3) is 22.2 Å². The summed E-state index contributed by atoms with van der Waals surface area (Å²) in [6.45, 7) is 2.90. The van der Waals surface area contributed by atoms with E-state index in [1.54, 1.807) is 0 Å².